The Balaban J connectivity index is 2.08. The van der Waals surface area contributed by atoms with Crippen molar-refractivity contribution < 1.29 is 13.2 Å². The first kappa shape index (κ1) is 17.9. The molecule has 0 saturated carbocycles. The standard InChI is InChI=1S/C16H19BrN2O3S/c1-2-22-16-9-8-13(10-14(16)17)23(20,21)19-11-15(18)12-6-4-3-5-7-12/h3-10,15,19H,2,11,18H2,1H3. The van der Waals surface area contributed by atoms with Gasteiger partial charge in [0.05, 0.1) is 16.0 Å². The molecule has 5 nitrogen and oxygen atoms in total. The SMILES string of the molecule is CCOc1ccc(S(=O)(=O)NCC(N)c2ccccc2)cc1Br. The molecule has 0 spiro atoms. The van der Waals surface area contributed by atoms with E-state index in [-0.39, 0.29) is 11.4 Å². The van der Waals surface area contributed by atoms with E-state index in [4.69, 9.17) is 10.5 Å². The normalized spacial score (nSPS) is 12.8. The molecule has 3 N–H and O–H groups in total. The largest absolute Gasteiger partial charge is 0.493 e. The monoisotopic (exact) mass is 398 g/mol. The Morgan fingerprint density at radius 3 is 2.52 bits per heavy atom. The highest BCUT2D eigenvalue weighted by atomic mass is 79.9. The van der Waals surface area contributed by atoms with Crippen LogP contribution in [-0.4, -0.2) is 21.6 Å². The molecule has 0 fully saturated rings. The summed E-state index contributed by atoms with van der Waals surface area (Å²) in [7, 11) is -3.63. The van der Waals surface area contributed by atoms with Crippen LogP contribution in [0.3, 0.4) is 0 Å². The number of hydrogen-bond donors (Lipinski definition) is 2. The highest BCUT2D eigenvalue weighted by molar-refractivity contribution is 9.10. The molecule has 23 heavy (non-hydrogen) atoms. The van der Waals surface area contributed by atoms with Crippen LogP contribution in [0.5, 0.6) is 5.75 Å². The number of rotatable bonds is 7. The van der Waals surface area contributed by atoms with Crippen LogP contribution < -0.4 is 15.2 Å². The fourth-order valence-electron chi connectivity index (χ4n) is 2.02. The average Bonchev–Trinajstić information content (AvgIpc) is 2.55. The Morgan fingerprint density at radius 1 is 1.22 bits per heavy atom. The number of halogens is 1. The van der Waals surface area contributed by atoms with Gasteiger partial charge in [0.1, 0.15) is 5.75 Å². The average molecular weight is 399 g/mol. The van der Waals surface area contributed by atoms with Crippen molar-refractivity contribution in [1.82, 2.24) is 4.72 Å². The maximum atomic E-state index is 12.4. The zero-order valence-corrected chi connectivity index (χ0v) is 15.1. The Hall–Kier alpha value is -1.41. The minimum absolute atomic E-state index is 0.122. The molecule has 2 aromatic rings. The van der Waals surface area contributed by atoms with Crippen molar-refractivity contribution in [1.29, 1.82) is 0 Å². The van der Waals surface area contributed by atoms with Crippen LogP contribution in [0.4, 0.5) is 0 Å². The molecule has 0 aliphatic carbocycles. The van der Waals surface area contributed by atoms with Gasteiger partial charge in [0, 0.05) is 12.6 Å². The van der Waals surface area contributed by atoms with Crippen LogP contribution in [-0.2, 0) is 10.0 Å². The number of benzene rings is 2. The second-order valence-corrected chi connectivity index (χ2v) is 7.52. The van der Waals surface area contributed by atoms with Crippen LogP contribution in [0.15, 0.2) is 57.9 Å². The predicted octanol–water partition coefficient (Wildman–Crippen LogP) is 2.83. The van der Waals surface area contributed by atoms with Crippen LogP contribution in [0.1, 0.15) is 18.5 Å². The summed E-state index contributed by atoms with van der Waals surface area (Å²) in [5.41, 5.74) is 6.90. The minimum atomic E-state index is -3.63. The summed E-state index contributed by atoms with van der Waals surface area (Å²) in [5, 5.41) is 0. The van der Waals surface area contributed by atoms with E-state index in [0.29, 0.717) is 16.8 Å². The molecule has 7 heteroatoms. The Labute approximate surface area is 145 Å². The topological polar surface area (TPSA) is 81.4 Å². The molecular formula is C16H19BrN2O3S. The fraction of sp³-hybridized carbons (Fsp3) is 0.250. The Morgan fingerprint density at radius 2 is 1.91 bits per heavy atom. The third-order valence-corrected chi connectivity index (χ3v) is 5.28. The summed E-state index contributed by atoms with van der Waals surface area (Å²) in [6.45, 7) is 2.50. The van der Waals surface area contributed by atoms with Crippen molar-refractivity contribution in [3.05, 3.63) is 58.6 Å². The molecule has 0 radical (unpaired) electrons. The summed E-state index contributed by atoms with van der Waals surface area (Å²) in [4.78, 5) is 0.160. The van der Waals surface area contributed by atoms with E-state index in [0.717, 1.165) is 5.56 Å². The molecule has 2 rings (SSSR count). The lowest BCUT2D eigenvalue weighted by Gasteiger charge is -2.14. The van der Waals surface area contributed by atoms with Crippen molar-refractivity contribution in [2.45, 2.75) is 17.9 Å². The Bertz CT molecular complexity index is 751. The molecule has 0 bridgehead atoms. The van der Waals surface area contributed by atoms with Crippen molar-refractivity contribution in [3.8, 4) is 5.75 Å². The number of nitrogens with two attached hydrogens (primary N) is 1. The predicted molar refractivity (Wildman–Crippen MR) is 93.9 cm³/mol. The van der Waals surface area contributed by atoms with E-state index in [1.807, 2.05) is 37.3 Å². The third kappa shape index (κ3) is 4.78. The van der Waals surface area contributed by atoms with Gasteiger partial charge in [0.2, 0.25) is 10.0 Å². The molecule has 0 saturated heterocycles. The highest BCUT2D eigenvalue weighted by Crippen LogP contribution is 2.27. The van der Waals surface area contributed by atoms with Gasteiger partial charge in [-0.25, -0.2) is 13.1 Å². The summed E-state index contributed by atoms with van der Waals surface area (Å²) in [6, 6.07) is 13.6. The zero-order chi connectivity index (χ0) is 16.9. The number of nitrogens with one attached hydrogen (secondary N) is 1. The van der Waals surface area contributed by atoms with Crippen LogP contribution >= 0.6 is 15.9 Å². The van der Waals surface area contributed by atoms with Crippen molar-refractivity contribution in [2.75, 3.05) is 13.2 Å². The van der Waals surface area contributed by atoms with E-state index < -0.39 is 16.1 Å². The van der Waals surface area contributed by atoms with Gasteiger partial charge in [0.15, 0.2) is 0 Å². The van der Waals surface area contributed by atoms with Crippen LogP contribution in [0.2, 0.25) is 0 Å². The first-order valence-electron chi connectivity index (χ1n) is 7.16. The van der Waals surface area contributed by atoms with E-state index in [2.05, 4.69) is 20.7 Å². The van der Waals surface area contributed by atoms with Crippen LogP contribution in [0.25, 0.3) is 0 Å². The second kappa shape index (κ2) is 7.92. The van der Waals surface area contributed by atoms with Crippen molar-refractivity contribution in [3.63, 3.8) is 0 Å². The van der Waals surface area contributed by atoms with E-state index >= 15 is 0 Å². The molecule has 0 aromatic heterocycles. The summed E-state index contributed by atoms with van der Waals surface area (Å²) in [5.74, 6) is 0.604. The summed E-state index contributed by atoms with van der Waals surface area (Å²) >= 11 is 3.32. The Kier molecular flexibility index (Phi) is 6.17. The first-order valence-corrected chi connectivity index (χ1v) is 9.44. The summed E-state index contributed by atoms with van der Waals surface area (Å²) < 4.78 is 33.2. The molecule has 1 atom stereocenters. The summed E-state index contributed by atoms with van der Waals surface area (Å²) in [6.07, 6.45) is 0. The quantitative estimate of drug-likeness (QED) is 0.750. The lowest BCUT2D eigenvalue weighted by Crippen LogP contribution is -2.32. The minimum Gasteiger partial charge on any atom is -0.493 e. The molecule has 2 aromatic carbocycles. The van der Waals surface area contributed by atoms with Gasteiger partial charge in [-0.2, -0.15) is 0 Å². The van der Waals surface area contributed by atoms with E-state index in [9.17, 15) is 8.42 Å². The zero-order valence-electron chi connectivity index (χ0n) is 12.7. The molecule has 0 aliphatic rings. The number of hydrogen-bond acceptors (Lipinski definition) is 4. The third-order valence-electron chi connectivity index (χ3n) is 3.23. The maximum Gasteiger partial charge on any atom is 0.240 e. The van der Waals surface area contributed by atoms with Crippen molar-refractivity contribution in [2.24, 2.45) is 5.73 Å². The van der Waals surface area contributed by atoms with Gasteiger partial charge in [-0.05, 0) is 46.6 Å². The van der Waals surface area contributed by atoms with Gasteiger partial charge in [-0.15, -0.1) is 0 Å². The molecule has 0 amide bonds. The van der Waals surface area contributed by atoms with Gasteiger partial charge >= 0.3 is 0 Å². The van der Waals surface area contributed by atoms with Gasteiger partial charge in [-0.3, -0.25) is 0 Å². The lowest BCUT2D eigenvalue weighted by molar-refractivity contribution is 0.338. The van der Waals surface area contributed by atoms with Crippen LogP contribution in [0, 0.1) is 0 Å². The molecular weight excluding hydrogens is 380 g/mol. The second-order valence-electron chi connectivity index (χ2n) is 4.89. The van der Waals surface area contributed by atoms with E-state index in [1.54, 1.807) is 6.07 Å². The molecule has 0 heterocycles. The molecule has 124 valence electrons. The molecule has 0 aliphatic heterocycles. The first-order chi connectivity index (χ1) is 10.9. The van der Waals surface area contributed by atoms with E-state index in [1.165, 1.54) is 12.1 Å². The fourth-order valence-corrected chi connectivity index (χ4v) is 3.75. The van der Waals surface area contributed by atoms with Gasteiger partial charge < -0.3 is 10.5 Å². The molecule has 1 unspecified atom stereocenters. The highest BCUT2D eigenvalue weighted by Gasteiger charge is 2.17. The smallest absolute Gasteiger partial charge is 0.240 e. The van der Waals surface area contributed by atoms with Crippen molar-refractivity contribution >= 4 is 26.0 Å². The number of sulfonamides is 1. The maximum absolute atomic E-state index is 12.4. The lowest BCUT2D eigenvalue weighted by atomic mass is 10.1. The number of ether oxygens (including phenoxy) is 1. The van der Waals surface area contributed by atoms with Gasteiger partial charge in [0.25, 0.3) is 0 Å². The van der Waals surface area contributed by atoms with Gasteiger partial charge in [-0.1, -0.05) is 30.3 Å².